The molecule has 0 saturated heterocycles. The Kier molecular flexibility index (Phi) is 12.5. The summed E-state index contributed by atoms with van der Waals surface area (Å²) in [4.78, 5) is 38.1. The number of sulfonamides is 1. The lowest BCUT2D eigenvalue weighted by Gasteiger charge is -2.13. The Hall–Kier alpha value is -4.97. The number of unbranched alkanes of at least 4 members (excludes halogenated alkanes) is 2. The monoisotopic (exact) mass is 760 g/mol. The Balaban J connectivity index is 1.47. The molecule has 0 radical (unpaired) electrons. The highest BCUT2D eigenvalue weighted by atomic mass is 35.5. The van der Waals surface area contributed by atoms with Gasteiger partial charge in [0.1, 0.15) is 0 Å². The summed E-state index contributed by atoms with van der Waals surface area (Å²) in [6, 6.07) is 24.5. The van der Waals surface area contributed by atoms with Crippen molar-refractivity contribution >= 4 is 56.7 Å². The number of anilines is 1. The van der Waals surface area contributed by atoms with Crippen LogP contribution in [0.4, 0.5) is 5.69 Å². The zero-order valence-corrected chi connectivity index (χ0v) is 31.0. The van der Waals surface area contributed by atoms with Gasteiger partial charge in [-0.15, -0.1) is 0 Å². The molecule has 0 aliphatic heterocycles. The Morgan fingerprint density at radius 1 is 0.846 bits per heavy atom. The first-order chi connectivity index (χ1) is 24.9. The molecule has 0 atom stereocenters. The van der Waals surface area contributed by atoms with Crippen molar-refractivity contribution < 1.29 is 27.9 Å². The smallest absolute Gasteiger partial charge is 0.354 e. The van der Waals surface area contributed by atoms with Crippen LogP contribution < -0.4 is 10.0 Å². The van der Waals surface area contributed by atoms with E-state index in [1.165, 1.54) is 22.9 Å². The average molecular weight is 762 g/mol. The molecule has 270 valence electrons. The number of hydrogen-bond donors (Lipinski definition) is 3. The van der Waals surface area contributed by atoms with Crippen molar-refractivity contribution in [2.24, 2.45) is 0 Å². The highest BCUT2D eigenvalue weighted by molar-refractivity contribution is 7.90. The van der Waals surface area contributed by atoms with Crippen LogP contribution in [-0.2, 0) is 27.7 Å². The largest absolute Gasteiger partial charge is 0.476 e. The molecule has 2 amide bonds. The van der Waals surface area contributed by atoms with Crippen LogP contribution in [-0.4, -0.2) is 41.1 Å². The number of carbonyl (C=O) groups excluding carboxylic acids is 2. The molecular weight excluding hydrogens is 723 g/mol. The van der Waals surface area contributed by atoms with E-state index >= 15 is 0 Å². The van der Waals surface area contributed by atoms with Gasteiger partial charge < -0.3 is 10.4 Å². The van der Waals surface area contributed by atoms with E-state index in [0.717, 1.165) is 31.2 Å². The first-order valence-electron chi connectivity index (χ1n) is 16.9. The van der Waals surface area contributed by atoms with Crippen molar-refractivity contribution in [1.29, 1.82) is 0 Å². The summed E-state index contributed by atoms with van der Waals surface area (Å²) in [5.74, 6) is -2.19. The van der Waals surface area contributed by atoms with E-state index in [0.29, 0.717) is 46.6 Å². The Morgan fingerprint density at radius 2 is 1.54 bits per heavy atom. The van der Waals surface area contributed by atoms with Crippen LogP contribution >= 0.6 is 23.2 Å². The number of aromatic carboxylic acids is 1. The van der Waals surface area contributed by atoms with E-state index in [9.17, 15) is 27.9 Å². The maximum atomic E-state index is 13.4. The molecule has 13 heteroatoms. The Bertz CT molecular complexity index is 2220. The molecule has 5 rings (SSSR count). The van der Waals surface area contributed by atoms with Crippen molar-refractivity contribution in [2.45, 2.75) is 63.7 Å². The second-order valence-corrected chi connectivity index (χ2v) is 14.7. The fraction of sp³-hybridized carbons (Fsp3) is 0.231. The van der Waals surface area contributed by atoms with Gasteiger partial charge in [0.15, 0.2) is 5.69 Å². The molecule has 0 bridgehead atoms. The maximum absolute atomic E-state index is 13.4. The standard InChI is InChI=1S/C39H38Cl2N4O6S/c1-3-5-14-33-30(37(39(48)49)45(43-33)34-24-27(21-22-32(34)41)42-36(46)16-6-4-2)23-25-17-19-26(20-18-25)28-11-8-10-15-35(28)52(50,51)44-38(47)29-12-7-9-13-31(29)40/h7-13,15,17-22,24H,3-6,14,16,23H2,1-2H3,(H,42,46)(H,44,47)(H,48,49). The van der Waals surface area contributed by atoms with Crippen molar-refractivity contribution in [1.82, 2.24) is 14.5 Å². The number of hydrogen-bond acceptors (Lipinski definition) is 6. The SMILES string of the molecule is CCCCC(=O)Nc1ccc(Cl)c(-n2nc(CCCC)c(Cc3ccc(-c4ccccc4S(=O)(=O)NC(=O)c4ccccc4Cl)cc3)c2C(=O)O)c1. The van der Waals surface area contributed by atoms with Gasteiger partial charge in [0, 0.05) is 29.7 Å². The summed E-state index contributed by atoms with van der Waals surface area (Å²) in [6.45, 7) is 4.04. The van der Waals surface area contributed by atoms with Gasteiger partial charge in [-0.05, 0) is 66.8 Å². The van der Waals surface area contributed by atoms with Crippen molar-refractivity contribution in [3.05, 3.63) is 129 Å². The third-order valence-corrected chi connectivity index (χ3v) is 10.5. The minimum Gasteiger partial charge on any atom is -0.476 e. The number of aromatic nitrogens is 2. The molecule has 0 aliphatic carbocycles. The third-order valence-electron chi connectivity index (χ3n) is 8.42. The molecule has 1 heterocycles. The van der Waals surface area contributed by atoms with Gasteiger partial charge >= 0.3 is 5.97 Å². The molecular formula is C39H38Cl2N4O6S. The number of benzene rings is 4. The van der Waals surface area contributed by atoms with Crippen LogP contribution in [0.25, 0.3) is 16.8 Å². The minimum atomic E-state index is -4.30. The molecule has 1 aromatic heterocycles. The molecule has 0 aliphatic rings. The summed E-state index contributed by atoms with van der Waals surface area (Å²) < 4.78 is 30.3. The number of aryl methyl sites for hydroxylation is 1. The average Bonchev–Trinajstić information content (AvgIpc) is 3.48. The maximum Gasteiger partial charge on any atom is 0.354 e. The summed E-state index contributed by atoms with van der Waals surface area (Å²) in [5.41, 5.74) is 3.62. The van der Waals surface area contributed by atoms with E-state index in [4.69, 9.17) is 28.3 Å². The molecule has 52 heavy (non-hydrogen) atoms. The quantitative estimate of drug-likeness (QED) is 0.0967. The number of rotatable bonds is 15. The Labute approximate surface area is 312 Å². The first-order valence-corrected chi connectivity index (χ1v) is 19.1. The van der Waals surface area contributed by atoms with Crippen LogP contribution in [0.15, 0.2) is 95.9 Å². The highest BCUT2D eigenvalue weighted by Gasteiger charge is 2.27. The predicted octanol–water partition coefficient (Wildman–Crippen LogP) is 8.73. The number of carboxylic acids is 1. The lowest BCUT2D eigenvalue weighted by Crippen LogP contribution is -2.31. The molecule has 4 aromatic carbocycles. The molecule has 10 nitrogen and oxygen atoms in total. The predicted molar refractivity (Wildman–Crippen MR) is 203 cm³/mol. The van der Waals surface area contributed by atoms with Crippen molar-refractivity contribution in [3.63, 3.8) is 0 Å². The zero-order chi connectivity index (χ0) is 37.4. The second-order valence-electron chi connectivity index (χ2n) is 12.2. The van der Waals surface area contributed by atoms with Gasteiger partial charge in [0.25, 0.3) is 15.9 Å². The van der Waals surface area contributed by atoms with E-state index in [-0.39, 0.29) is 38.5 Å². The van der Waals surface area contributed by atoms with Gasteiger partial charge in [0.2, 0.25) is 5.91 Å². The topological polar surface area (TPSA) is 147 Å². The lowest BCUT2D eigenvalue weighted by atomic mass is 9.97. The number of amides is 2. The Morgan fingerprint density at radius 3 is 2.23 bits per heavy atom. The number of carboxylic acid groups (broad SMARTS) is 1. The fourth-order valence-electron chi connectivity index (χ4n) is 5.76. The molecule has 0 spiro atoms. The van der Waals surface area contributed by atoms with E-state index in [2.05, 4.69) is 10.0 Å². The number of halogens is 2. The highest BCUT2D eigenvalue weighted by Crippen LogP contribution is 2.32. The van der Waals surface area contributed by atoms with Crippen LogP contribution in [0.2, 0.25) is 10.0 Å². The second kappa shape index (κ2) is 17.0. The van der Waals surface area contributed by atoms with Crippen molar-refractivity contribution in [3.8, 4) is 16.8 Å². The summed E-state index contributed by atoms with van der Waals surface area (Å²) in [6.07, 6.45) is 4.39. The summed E-state index contributed by atoms with van der Waals surface area (Å²) in [5, 5.41) is 18.5. The molecule has 0 saturated carbocycles. The van der Waals surface area contributed by atoms with Gasteiger partial charge in [0.05, 0.1) is 31.9 Å². The first kappa shape index (κ1) is 38.3. The third kappa shape index (κ3) is 8.90. The van der Waals surface area contributed by atoms with Gasteiger partial charge in [-0.1, -0.05) is 104 Å². The van der Waals surface area contributed by atoms with E-state index in [1.54, 1.807) is 72.8 Å². The van der Waals surface area contributed by atoms with Crippen LogP contribution in [0, 0.1) is 0 Å². The van der Waals surface area contributed by atoms with Gasteiger partial charge in [-0.2, -0.15) is 5.10 Å². The molecule has 0 fully saturated rings. The van der Waals surface area contributed by atoms with Gasteiger partial charge in [-0.3, -0.25) is 9.59 Å². The van der Waals surface area contributed by atoms with E-state index < -0.39 is 21.9 Å². The lowest BCUT2D eigenvalue weighted by molar-refractivity contribution is -0.116. The van der Waals surface area contributed by atoms with Crippen LogP contribution in [0.3, 0.4) is 0 Å². The van der Waals surface area contributed by atoms with Crippen LogP contribution in [0.1, 0.15) is 83.6 Å². The number of nitrogens with one attached hydrogen (secondary N) is 2. The molecule has 0 unspecified atom stereocenters. The number of nitrogens with zero attached hydrogens (tertiary/aromatic N) is 2. The number of carbonyl (C=O) groups is 3. The normalized spacial score (nSPS) is 11.3. The summed E-state index contributed by atoms with van der Waals surface area (Å²) >= 11 is 12.7. The molecule has 3 N–H and O–H groups in total. The molecule has 5 aromatic rings. The fourth-order valence-corrected chi connectivity index (χ4v) is 7.37. The minimum absolute atomic E-state index is 0.0288. The zero-order valence-electron chi connectivity index (χ0n) is 28.7. The summed E-state index contributed by atoms with van der Waals surface area (Å²) in [7, 11) is -4.30. The van der Waals surface area contributed by atoms with E-state index in [1.807, 2.05) is 13.8 Å². The van der Waals surface area contributed by atoms with Crippen LogP contribution in [0.5, 0.6) is 0 Å². The van der Waals surface area contributed by atoms with Crippen molar-refractivity contribution in [2.75, 3.05) is 5.32 Å². The van der Waals surface area contributed by atoms with Gasteiger partial charge in [-0.25, -0.2) is 22.6 Å².